The third-order valence-corrected chi connectivity index (χ3v) is 5.40. The summed E-state index contributed by atoms with van der Waals surface area (Å²) in [5.74, 6) is 1.51. The van der Waals surface area contributed by atoms with E-state index < -0.39 is 0 Å². The third-order valence-electron chi connectivity index (χ3n) is 2.96. The molecule has 0 spiro atoms. The molecule has 3 unspecified atom stereocenters. The van der Waals surface area contributed by atoms with E-state index in [-0.39, 0.29) is 0 Å². The Hall–Kier alpha value is -0.250. The van der Waals surface area contributed by atoms with Crippen LogP contribution in [0.25, 0.3) is 4.91 Å². The first kappa shape index (κ1) is 9.01. The molecule has 0 bridgehead atoms. The van der Waals surface area contributed by atoms with E-state index in [1.165, 1.54) is 16.2 Å². The lowest BCUT2D eigenvalue weighted by Gasteiger charge is -2.19. The zero-order valence-corrected chi connectivity index (χ0v) is 9.35. The molecule has 1 N–H and O–H groups in total. The predicted molar refractivity (Wildman–Crippen MR) is 62.4 cm³/mol. The first-order chi connectivity index (χ1) is 6.88. The molecule has 14 heavy (non-hydrogen) atoms. The Morgan fingerprint density at radius 3 is 3.14 bits per heavy atom. The van der Waals surface area contributed by atoms with Crippen molar-refractivity contribution >= 4 is 28.0 Å². The highest BCUT2D eigenvalue weighted by atomic mass is 32.2. The van der Waals surface area contributed by atoms with Crippen LogP contribution in [0.4, 0.5) is 0 Å². The molecule has 1 aromatic heterocycles. The Morgan fingerprint density at radius 2 is 2.43 bits per heavy atom. The minimum Gasteiger partial charge on any atom is -0.395 e. The highest BCUT2D eigenvalue weighted by Gasteiger charge is 2.45. The van der Waals surface area contributed by atoms with Crippen LogP contribution in [-0.2, 0) is 0 Å². The molecule has 3 rings (SSSR count). The molecular formula is C11H12OS2. The van der Waals surface area contributed by atoms with Gasteiger partial charge in [-0.15, -0.1) is 23.1 Å². The minimum absolute atomic E-state index is 0.328. The summed E-state index contributed by atoms with van der Waals surface area (Å²) in [6.07, 6.45) is 3.68. The zero-order valence-electron chi connectivity index (χ0n) is 7.72. The quantitative estimate of drug-likeness (QED) is 0.833. The Balaban J connectivity index is 1.88. The number of thioether (sulfide) groups is 1. The van der Waals surface area contributed by atoms with Gasteiger partial charge in [0.1, 0.15) is 0 Å². The number of rotatable bonds is 2. The van der Waals surface area contributed by atoms with Gasteiger partial charge in [-0.25, -0.2) is 0 Å². The Morgan fingerprint density at radius 1 is 1.50 bits per heavy atom. The number of allylic oxidation sites excluding steroid dienone is 1. The van der Waals surface area contributed by atoms with Crippen LogP contribution in [0, 0.1) is 11.8 Å². The lowest BCUT2D eigenvalue weighted by molar-refractivity contribution is 0.285. The summed E-state index contributed by atoms with van der Waals surface area (Å²) in [6.45, 7) is 0.328. The number of fused-ring (bicyclic) bond motifs is 1. The normalized spacial score (nSPS) is 34.9. The van der Waals surface area contributed by atoms with Crippen LogP contribution in [0.2, 0.25) is 0 Å². The molecule has 3 heteroatoms. The van der Waals surface area contributed by atoms with E-state index in [2.05, 4.69) is 23.6 Å². The summed E-state index contributed by atoms with van der Waals surface area (Å²) in [7, 11) is 0. The van der Waals surface area contributed by atoms with Gasteiger partial charge in [0.15, 0.2) is 0 Å². The van der Waals surface area contributed by atoms with Crippen molar-refractivity contribution in [2.45, 2.75) is 11.7 Å². The van der Waals surface area contributed by atoms with E-state index in [9.17, 15) is 5.11 Å². The number of thiophene rings is 1. The Bertz CT molecular complexity index is 355. The largest absolute Gasteiger partial charge is 0.395 e. The highest BCUT2D eigenvalue weighted by Crippen LogP contribution is 2.55. The summed E-state index contributed by atoms with van der Waals surface area (Å²) < 4.78 is 0. The lowest BCUT2D eigenvalue weighted by atomic mass is 10.2. The minimum atomic E-state index is 0.328. The summed E-state index contributed by atoms with van der Waals surface area (Å²) in [5, 5.41) is 11.8. The van der Waals surface area contributed by atoms with Crippen LogP contribution in [0.5, 0.6) is 0 Å². The maximum atomic E-state index is 9.26. The fourth-order valence-corrected chi connectivity index (χ4v) is 4.33. The molecule has 0 aromatic carbocycles. The molecule has 1 nitrogen and oxygen atoms in total. The van der Waals surface area contributed by atoms with Crippen molar-refractivity contribution in [2.24, 2.45) is 11.8 Å². The van der Waals surface area contributed by atoms with E-state index in [0.717, 1.165) is 11.8 Å². The first-order valence-corrected chi connectivity index (χ1v) is 6.67. The van der Waals surface area contributed by atoms with Gasteiger partial charge in [-0.2, -0.15) is 0 Å². The van der Waals surface area contributed by atoms with Crippen molar-refractivity contribution in [1.82, 2.24) is 0 Å². The van der Waals surface area contributed by atoms with Crippen LogP contribution in [0.3, 0.4) is 0 Å². The van der Waals surface area contributed by atoms with E-state index in [1.54, 1.807) is 11.3 Å². The Labute approximate surface area is 91.8 Å². The molecule has 2 aliphatic rings. The number of hydrogen-bond donors (Lipinski definition) is 1. The maximum absolute atomic E-state index is 9.26. The lowest BCUT2D eigenvalue weighted by Crippen LogP contribution is -2.14. The van der Waals surface area contributed by atoms with Gasteiger partial charge in [-0.3, -0.25) is 0 Å². The van der Waals surface area contributed by atoms with Gasteiger partial charge in [0.25, 0.3) is 0 Å². The van der Waals surface area contributed by atoms with E-state index in [0.29, 0.717) is 11.9 Å². The standard InChI is InChI=1S/C11H12OS2/c12-6-11-8-4-7(8)5-10(14-11)9-2-1-3-13-9/h1-3,5,7-8,11-12H,4,6H2. The molecule has 0 radical (unpaired) electrons. The summed E-state index contributed by atoms with van der Waals surface area (Å²) in [6, 6.07) is 4.26. The number of aliphatic hydroxyl groups excluding tert-OH is 1. The van der Waals surface area contributed by atoms with Gasteiger partial charge >= 0.3 is 0 Å². The van der Waals surface area contributed by atoms with Crippen LogP contribution < -0.4 is 0 Å². The average Bonchev–Trinajstić information content (AvgIpc) is 2.78. The van der Waals surface area contributed by atoms with E-state index in [1.807, 2.05) is 11.8 Å². The first-order valence-electron chi connectivity index (χ1n) is 4.91. The van der Waals surface area contributed by atoms with Crippen molar-refractivity contribution in [1.29, 1.82) is 0 Å². The summed E-state index contributed by atoms with van der Waals surface area (Å²) in [4.78, 5) is 2.75. The summed E-state index contributed by atoms with van der Waals surface area (Å²) in [5.41, 5.74) is 0. The molecule has 1 fully saturated rings. The van der Waals surface area contributed by atoms with Crippen molar-refractivity contribution in [3.05, 3.63) is 28.5 Å². The van der Waals surface area contributed by atoms with Crippen molar-refractivity contribution in [3.8, 4) is 0 Å². The van der Waals surface area contributed by atoms with Crippen LogP contribution in [0.1, 0.15) is 11.3 Å². The van der Waals surface area contributed by atoms with Crippen LogP contribution >= 0.6 is 23.1 Å². The molecule has 1 aromatic rings. The molecule has 2 heterocycles. The third kappa shape index (κ3) is 1.44. The fourth-order valence-electron chi connectivity index (χ4n) is 2.07. The molecule has 74 valence electrons. The second-order valence-corrected chi connectivity index (χ2v) is 6.14. The average molecular weight is 224 g/mol. The van der Waals surface area contributed by atoms with Gasteiger partial charge in [-0.05, 0) is 29.7 Å². The van der Waals surface area contributed by atoms with E-state index in [4.69, 9.17) is 0 Å². The zero-order chi connectivity index (χ0) is 9.54. The second-order valence-electron chi connectivity index (χ2n) is 3.91. The van der Waals surface area contributed by atoms with E-state index >= 15 is 0 Å². The van der Waals surface area contributed by atoms with Gasteiger partial charge < -0.3 is 5.11 Å². The van der Waals surface area contributed by atoms with Crippen molar-refractivity contribution < 1.29 is 5.11 Å². The van der Waals surface area contributed by atoms with Crippen molar-refractivity contribution in [2.75, 3.05) is 6.61 Å². The van der Waals surface area contributed by atoms with Gasteiger partial charge in [0.05, 0.1) is 6.61 Å². The van der Waals surface area contributed by atoms with Crippen molar-refractivity contribution in [3.63, 3.8) is 0 Å². The molecular weight excluding hydrogens is 212 g/mol. The van der Waals surface area contributed by atoms with Crippen LogP contribution in [-0.4, -0.2) is 17.0 Å². The number of hydrogen-bond acceptors (Lipinski definition) is 3. The topological polar surface area (TPSA) is 20.2 Å². The molecule has 0 amide bonds. The maximum Gasteiger partial charge on any atom is 0.0556 e. The number of aliphatic hydroxyl groups is 1. The van der Waals surface area contributed by atoms with Gasteiger partial charge in [0.2, 0.25) is 0 Å². The predicted octanol–water partition coefficient (Wildman–Crippen LogP) is 2.83. The van der Waals surface area contributed by atoms with Gasteiger partial charge in [-0.1, -0.05) is 12.1 Å². The molecule has 1 aliphatic heterocycles. The van der Waals surface area contributed by atoms with Crippen LogP contribution in [0.15, 0.2) is 23.6 Å². The molecule has 0 saturated heterocycles. The SMILES string of the molecule is OCC1SC(c2cccs2)=CC2CC21. The highest BCUT2D eigenvalue weighted by molar-refractivity contribution is 8.09. The molecule has 1 saturated carbocycles. The van der Waals surface area contributed by atoms with Gasteiger partial charge in [0, 0.05) is 15.0 Å². The molecule has 3 atom stereocenters. The Kier molecular flexibility index (Phi) is 2.19. The molecule has 1 aliphatic carbocycles. The second kappa shape index (κ2) is 3.40. The smallest absolute Gasteiger partial charge is 0.0556 e. The summed E-state index contributed by atoms with van der Waals surface area (Å²) >= 11 is 3.65. The monoisotopic (exact) mass is 224 g/mol. The fraction of sp³-hybridized carbons (Fsp3) is 0.455.